The van der Waals surface area contributed by atoms with Crippen LogP contribution in [0.4, 0.5) is 0 Å². The van der Waals surface area contributed by atoms with Gasteiger partial charge in [-0.15, -0.1) is 0 Å². The second-order valence-corrected chi connectivity index (χ2v) is 7.01. The van der Waals surface area contributed by atoms with E-state index in [2.05, 4.69) is 10.0 Å². The van der Waals surface area contributed by atoms with Gasteiger partial charge in [-0.25, -0.2) is 0 Å². The summed E-state index contributed by atoms with van der Waals surface area (Å²) in [6.45, 7) is 5.28. The number of methoxy groups -OCH3 is 1. The van der Waals surface area contributed by atoms with Crippen LogP contribution < -0.4 is 14.8 Å². The lowest BCUT2D eigenvalue weighted by Crippen LogP contribution is -2.53. The second-order valence-electron chi connectivity index (χ2n) is 5.35. The molecule has 0 spiro atoms. The predicted molar refractivity (Wildman–Crippen MR) is 82.5 cm³/mol. The number of piperazine rings is 1. The van der Waals surface area contributed by atoms with Gasteiger partial charge in [-0.05, 0) is 19.9 Å². The largest absolute Gasteiger partial charge is 0.496 e. The molecule has 0 aliphatic carbocycles. The minimum absolute atomic E-state index is 0.136. The first kappa shape index (κ1) is 16.2. The minimum Gasteiger partial charge on any atom is -0.496 e. The van der Waals surface area contributed by atoms with Crippen LogP contribution >= 0.6 is 0 Å². The van der Waals surface area contributed by atoms with Gasteiger partial charge < -0.3 is 10.1 Å². The van der Waals surface area contributed by atoms with Gasteiger partial charge in [0, 0.05) is 31.2 Å². The van der Waals surface area contributed by atoms with E-state index in [4.69, 9.17) is 4.74 Å². The zero-order valence-corrected chi connectivity index (χ0v) is 13.5. The molecule has 0 bridgehead atoms. The Hall–Kier alpha value is -1.15. The smallest absolute Gasteiger partial charge is 0.280 e. The van der Waals surface area contributed by atoms with E-state index in [1.165, 1.54) is 4.31 Å². The Kier molecular flexibility index (Phi) is 5.21. The molecule has 118 valence electrons. The van der Waals surface area contributed by atoms with Crippen molar-refractivity contribution in [2.45, 2.75) is 25.9 Å². The number of ether oxygens (including phenoxy) is 1. The SMILES string of the molecule is COc1ccccc1C1CNCCN1S(=O)(=O)NC(C)C. The molecule has 1 aromatic carbocycles. The maximum absolute atomic E-state index is 12.5. The van der Waals surface area contributed by atoms with E-state index >= 15 is 0 Å². The monoisotopic (exact) mass is 313 g/mol. The fourth-order valence-corrected chi connectivity index (χ4v) is 4.13. The van der Waals surface area contributed by atoms with Crippen molar-refractivity contribution in [3.05, 3.63) is 29.8 Å². The first-order valence-electron chi connectivity index (χ1n) is 7.08. The van der Waals surface area contributed by atoms with E-state index < -0.39 is 10.2 Å². The van der Waals surface area contributed by atoms with E-state index in [0.717, 1.165) is 5.56 Å². The number of hydrogen-bond acceptors (Lipinski definition) is 4. The minimum atomic E-state index is -3.52. The molecule has 1 aliphatic heterocycles. The van der Waals surface area contributed by atoms with Gasteiger partial charge in [0.1, 0.15) is 5.75 Å². The van der Waals surface area contributed by atoms with Crippen LogP contribution in [0.15, 0.2) is 24.3 Å². The van der Waals surface area contributed by atoms with Crippen molar-refractivity contribution in [1.82, 2.24) is 14.3 Å². The van der Waals surface area contributed by atoms with Crippen LogP contribution in [0, 0.1) is 0 Å². The fourth-order valence-electron chi connectivity index (χ4n) is 2.55. The van der Waals surface area contributed by atoms with E-state index in [1.54, 1.807) is 7.11 Å². The van der Waals surface area contributed by atoms with Crippen molar-refractivity contribution >= 4 is 10.2 Å². The summed E-state index contributed by atoms with van der Waals surface area (Å²) in [7, 11) is -1.92. The Balaban J connectivity index is 2.35. The lowest BCUT2D eigenvalue weighted by molar-refractivity contribution is 0.260. The number of hydrogen-bond donors (Lipinski definition) is 2. The number of nitrogens with zero attached hydrogens (tertiary/aromatic N) is 1. The predicted octanol–water partition coefficient (Wildman–Crippen LogP) is 0.884. The molecular weight excluding hydrogens is 290 g/mol. The van der Waals surface area contributed by atoms with E-state index in [0.29, 0.717) is 25.4 Å². The van der Waals surface area contributed by atoms with Gasteiger partial charge in [-0.3, -0.25) is 0 Å². The molecule has 6 nitrogen and oxygen atoms in total. The average Bonchev–Trinajstić information content (AvgIpc) is 2.46. The van der Waals surface area contributed by atoms with Gasteiger partial charge in [0.15, 0.2) is 0 Å². The van der Waals surface area contributed by atoms with Crippen LogP contribution in [0.3, 0.4) is 0 Å². The highest BCUT2D eigenvalue weighted by Crippen LogP contribution is 2.31. The summed E-state index contributed by atoms with van der Waals surface area (Å²) in [4.78, 5) is 0. The van der Waals surface area contributed by atoms with Crippen molar-refractivity contribution in [2.75, 3.05) is 26.7 Å². The van der Waals surface area contributed by atoms with Crippen molar-refractivity contribution in [1.29, 1.82) is 0 Å². The summed E-state index contributed by atoms with van der Waals surface area (Å²) >= 11 is 0. The van der Waals surface area contributed by atoms with Gasteiger partial charge in [0.2, 0.25) is 0 Å². The summed E-state index contributed by atoms with van der Waals surface area (Å²) in [5.41, 5.74) is 0.876. The zero-order chi connectivity index (χ0) is 15.5. The first-order valence-corrected chi connectivity index (χ1v) is 8.52. The van der Waals surface area contributed by atoms with E-state index in [1.807, 2.05) is 38.1 Å². The highest BCUT2D eigenvalue weighted by molar-refractivity contribution is 7.87. The Morgan fingerprint density at radius 1 is 1.38 bits per heavy atom. The number of benzene rings is 1. The highest BCUT2D eigenvalue weighted by Gasteiger charge is 2.34. The van der Waals surface area contributed by atoms with Gasteiger partial charge in [0.25, 0.3) is 10.2 Å². The maximum Gasteiger partial charge on any atom is 0.280 e. The number of para-hydroxylation sites is 1. The molecule has 2 rings (SSSR count). The molecule has 1 fully saturated rings. The van der Waals surface area contributed by atoms with Crippen molar-refractivity contribution in [2.24, 2.45) is 0 Å². The molecule has 1 aliphatic rings. The van der Waals surface area contributed by atoms with E-state index in [-0.39, 0.29) is 12.1 Å². The molecule has 1 saturated heterocycles. The third-order valence-electron chi connectivity index (χ3n) is 3.39. The maximum atomic E-state index is 12.5. The Labute approximate surface area is 126 Å². The quantitative estimate of drug-likeness (QED) is 0.847. The molecule has 7 heteroatoms. The van der Waals surface area contributed by atoms with Crippen LogP contribution in [-0.2, 0) is 10.2 Å². The normalized spacial score (nSPS) is 20.7. The topological polar surface area (TPSA) is 70.7 Å². The van der Waals surface area contributed by atoms with Crippen molar-refractivity contribution < 1.29 is 13.2 Å². The third kappa shape index (κ3) is 3.74. The fraction of sp³-hybridized carbons (Fsp3) is 0.571. The lowest BCUT2D eigenvalue weighted by atomic mass is 10.0. The van der Waals surface area contributed by atoms with Gasteiger partial charge >= 0.3 is 0 Å². The Morgan fingerprint density at radius 3 is 2.76 bits per heavy atom. The molecule has 2 N–H and O–H groups in total. The van der Waals surface area contributed by atoms with Crippen LogP contribution in [0.1, 0.15) is 25.5 Å². The van der Waals surface area contributed by atoms with Crippen molar-refractivity contribution in [3.63, 3.8) is 0 Å². The molecule has 1 aromatic rings. The summed E-state index contributed by atoms with van der Waals surface area (Å²) in [5.74, 6) is 0.705. The first-order chi connectivity index (χ1) is 9.95. The standard InChI is InChI=1S/C14H23N3O3S/c1-11(2)16-21(18,19)17-9-8-15-10-13(17)12-6-4-5-7-14(12)20-3/h4-7,11,13,15-16H,8-10H2,1-3H3. The molecule has 21 heavy (non-hydrogen) atoms. The van der Waals surface area contributed by atoms with Gasteiger partial charge in [-0.1, -0.05) is 18.2 Å². The van der Waals surface area contributed by atoms with Gasteiger partial charge in [-0.2, -0.15) is 17.4 Å². The Bertz CT molecular complexity index is 575. The summed E-state index contributed by atoms with van der Waals surface area (Å²) in [6, 6.07) is 7.13. The number of nitrogens with one attached hydrogen (secondary N) is 2. The van der Waals surface area contributed by atoms with Gasteiger partial charge in [0.05, 0.1) is 13.2 Å². The highest BCUT2D eigenvalue weighted by atomic mass is 32.2. The lowest BCUT2D eigenvalue weighted by Gasteiger charge is -2.36. The Morgan fingerprint density at radius 2 is 2.10 bits per heavy atom. The van der Waals surface area contributed by atoms with Crippen LogP contribution in [0.25, 0.3) is 0 Å². The average molecular weight is 313 g/mol. The number of rotatable bonds is 5. The summed E-state index contributed by atoms with van der Waals surface area (Å²) in [6.07, 6.45) is 0. The summed E-state index contributed by atoms with van der Waals surface area (Å²) in [5, 5.41) is 3.25. The second kappa shape index (κ2) is 6.74. The van der Waals surface area contributed by atoms with Crippen LogP contribution in [0.2, 0.25) is 0 Å². The molecular formula is C14H23N3O3S. The molecule has 1 atom stereocenters. The summed E-state index contributed by atoms with van der Waals surface area (Å²) < 4.78 is 34.6. The zero-order valence-electron chi connectivity index (χ0n) is 12.7. The molecule has 0 amide bonds. The molecule has 0 radical (unpaired) electrons. The van der Waals surface area contributed by atoms with E-state index in [9.17, 15) is 8.42 Å². The molecule has 1 heterocycles. The van der Waals surface area contributed by atoms with Crippen LogP contribution in [0.5, 0.6) is 5.75 Å². The van der Waals surface area contributed by atoms with Crippen LogP contribution in [-0.4, -0.2) is 45.5 Å². The molecule has 0 aromatic heterocycles. The van der Waals surface area contributed by atoms with Crippen molar-refractivity contribution in [3.8, 4) is 5.75 Å². The molecule has 0 saturated carbocycles. The third-order valence-corrected chi connectivity index (χ3v) is 5.21. The molecule has 1 unspecified atom stereocenters.